The minimum absolute atomic E-state index is 0.0795. The van der Waals surface area contributed by atoms with Gasteiger partial charge in [0.25, 0.3) is 0 Å². The molecule has 6 heteroatoms. The predicted molar refractivity (Wildman–Crippen MR) is 63.7 cm³/mol. The van der Waals surface area contributed by atoms with Crippen LogP contribution in [0, 0.1) is 17.5 Å². The van der Waals surface area contributed by atoms with Crippen molar-refractivity contribution in [2.24, 2.45) is 5.73 Å². The molecule has 0 aliphatic carbocycles. The van der Waals surface area contributed by atoms with E-state index in [0.29, 0.717) is 25.3 Å². The van der Waals surface area contributed by atoms with Crippen LogP contribution in [0.3, 0.4) is 0 Å². The first kappa shape index (κ1) is 13.9. The van der Waals surface area contributed by atoms with Gasteiger partial charge in [0.1, 0.15) is 5.82 Å². The number of hydrogen-bond acceptors (Lipinski definition) is 2. The van der Waals surface area contributed by atoms with Gasteiger partial charge in [0.2, 0.25) is 5.91 Å². The van der Waals surface area contributed by atoms with Crippen molar-refractivity contribution < 1.29 is 18.0 Å². The molecule has 3 nitrogen and oxygen atoms in total. The third-order valence-electron chi connectivity index (χ3n) is 3.50. The Morgan fingerprint density at radius 3 is 2.53 bits per heavy atom. The number of likely N-dealkylation sites (tertiary alicyclic amines) is 1. The Bertz CT molecular complexity index is 507. The van der Waals surface area contributed by atoms with Crippen molar-refractivity contribution in [1.82, 2.24) is 4.90 Å². The number of benzene rings is 1. The number of amides is 1. The molecular weight excluding hydrogens is 257 g/mol. The molecule has 1 aliphatic rings. The highest BCUT2D eigenvalue weighted by Crippen LogP contribution is 2.31. The van der Waals surface area contributed by atoms with Crippen molar-refractivity contribution >= 4 is 5.91 Å². The molecule has 0 spiro atoms. The first-order chi connectivity index (χ1) is 8.91. The zero-order chi connectivity index (χ0) is 14.2. The third-order valence-corrected chi connectivity index (χ3v) is 3.50. The molecule has 0 aromatic heterocycles. The second kappa shape index (κ2) is 5.21. The molecule has 1 fully saturated rings. The van der Waals surface area contributed by atoms with Crippen molar-refractivity contribution in [1.29, 1.82) is 0 Å². The Hall–Kier alpha value is -1.56. The highest BCUT2D eigenvalue weighted by molar-refractivity contribution is 5.76. The van der Waals surface area contributed by atoms with Gasteiger partial charge in [-0.3, -0.25) is 4.79 Å². The molecular formula is C13H15F3N2O. The number of nitrogens with two attached hydrogens (primary N) is 1. The maximum atomic E-state index is 13.8. The molecule has 0 radical (unpaired) electrons. The summed E-state index contributed by atoms with van der Waals surface area (Å²) in [6.45, 7) is 0. The summed E-state index contributed by atoms with van der Waals surface area (Å²) in [6.07, 6.45) is 1.46. The second-order valence-corrected chi connectivity index (χ2v) is 4.79. The lowest BCUT2D eigenvalue weighted by Gasteiger charge is -2.31. The van der Waals surface area contributed by atoms with Crippen LogP contribution >= 0.6 is 0 Å². The van der Waals surface area contributed by atoms with Gasteiger partial charge in [-0.25, -0.2) is 13.2 Å². The van der Waals surface area contributed by atoms with Crippen LogP contribution in [-0.4, -0.2) is 23.9 Å². The molecule has 2 atom stereocenters. The average Bonchev–Trinajstić information content (AvgIpc) is 2.46. The molecule has 1 aliphatic heterocycles. The number of likely N-dealkylation sites (N-methyl/N-ethyl adjacent to an activating group) is 1. The number of nitrogens with zero attached hydrogens (tertiary/aromatic N) is 1. The van der Waals surface area contributed by atoms with Crippen molar-refractivity contribution in [3.63, 3.8) is 0 Å². The number of carbonyl (C=O) groups excluding carboxylic acids is 1. The summed E-state index contributed by atoms with van der Waals surface area (Å²) in [4.78, 5) is 13.1. The normalized spacial score (nSPS) is 24.5. The van der Waals surface area contributed by atoms with E-state index in [4.69, 9.17) is 5.73 Å². The minimum Gasteiger partial charge on any atom is -0.337 e. The fraction of sp³-hybridized carbons (Fsp3) is 0.462. The molecule has 0 bridgehead atoms. The van der Waals surface area contributed by atoms with Gasteiger partial charge in [-0.05, 0) is 18.9 Å². The average molecular weight is 272 g/mol. The SMILES string of the molecule is CN1C(=O)CCCC(N)C1c1cc(F)c(F)cc1F. The molecule has 1 amide bonds. The summed E-state index contributed by atoms with van der Waals surface area (Å²) in [5.74, 6) is -3.46. The van der Waals surface area contributed by atoms with Gasteiger partial charge in [0, 0.05) is 31.1 Å². The summed E-state index contributed by atoms with van der Waals surface area (Å²) in [6, 6.07) is -0.00820. The third kappa shape index (κ3) is 2.58. The first-order valence-electron chi connectivity index (χ1n) is 6.07. The molecule has 1 saturated heterocycles. The van der Waals surface area contributed by atoms with Gasteiger partial charge in [-0.15, -0.1) is 0 Å². The summed E-state index contributed by atoms with van der Waals surface area (Å²) < 4.78 is 40.1. The second-order valence-electron chi connectivity index (χ2n) is 4.79. The van der Waals surface area contributed by atoms with Gasteiger partial charge >= 0.3 is 0 Å². The van der Waals surface area contributed by atoms with E-state index in [1.807, 2.05) is 0 Å². The lowest BCUT2D eigenvalue weighted by Crippen LogP contribution is -2.40. The molecule has 1 aromatic rings. The fourth-order valence-corrected chi connectivity index (χ4v) is 2.47. The number of rotatable bonds is 1. The van der Waals surface area contributed by atoms with Crippen molar-refractivity contribution in [2.75, 3.05) is 7.05 Å². The Labute approximate surface area is 109 Å². The molecule has 0 saturated carbocycles. The van der Waals surface area contributed by atoms with Crippen LogP contribution in [0.1, 0.15) is 30.9 Å². The topological polar surface area (TPSA) is 46.3 Å². The summed E-state index contributed by atoms with van der Waals surface area (Å²) in [5, 5.41) is 0. The Morgan fingerprint density at radius 1 is 1.21 bits per heavy atom. The first-order valence-corrected chi connectivity index (χ1v) is 6.07. The minimum atomic E-state index is -1.25. The van der Waals surface area contributed by atoms with E-state index in [0.717, 1.165) is 6.07 Å². The predicted octanol–water partition coefficient (Wildman–Crippen LogP) is 2.11. The maximum absolute atomic E-state index is 13.8. The van der Waals surface area contributed by atoms with Gasteiger partial charge in [-0.2, -0.15) is 0 Å². The molecule has 104 valence electrons. The van der Waals surface area contributed by atoms with E-state index < -0.39 is 29.5 Å². The van der Waals surface area contributed by atoms with Gasteiger partial charge in [-0.1, -0.05) is 0 Å². The molecule has 2 rings (SSSR count). The number of carbonyl (C=O) groups is 1. The van der Waals surface area contributed by atoms with Gasteiger partial charge in [0.05, 0.1) is 6.04 Å². The largest absolute Gasteiger partial charge is 0.337 e. The fourth-order valence-electron chi connectivity index (χ4n) is 2.47. The van der Waals surface area contributed by atoms with E-state index in [1.165, 1.54) is 11.9 Å². The lowest BCUT2D eigenvalue weighted by atomic mass is 9.96. The van der Waals surface area contributed by atoms with Crippen LogP contribution < -0.4 is 5.73 Å². The molecule has 1 aromatic carbocycles. The van der Waals surface area contributed by atoms with Crippen molar-refractivity contribution in [3.8, 4) is 0 Å². The van der Waals surface area contributed by atoms with Crippen LogP contribution in [0.4, 0.5) is 13.2 Å². The smallest absolute Gasteiger partial charge is 0.222 e. The monoisotopic (exact) mass is 272 g/mol. The quantitative estimate of drug-likeness (QED) is 0.796. The summed E-state index contributed by atoms with van der Waals surface area (Å²) >= 11 is 0. The lowest BCUT2D eigenvalue weighted by molar-refractivity contribution is -0.131. The van der Waals surface area contributed by atoms with E-state index in [9.17, 15) is 18.0 Å². The van der Waals surface area contributed by atoms with E-state index >= 15 is 0 Å². The van der Waals surface area contributed by atoms with E-state index in [2.05, 4.69) is 0 Å². The molecule has 1 heterocycles. The number of halogens is 3. The van der Waals surface area contributed by atoms with Crippen LogP contribution in [-0.2, 0) is 4.79 Å². The van der Waals surface area contributed by atoms with Crippen molar-refractivity contribution in [2.45, 2.75) is 31.3 Å². The Kier molecular flexibility index (Phi) is 3.80. The Balaban J connectivity index is 2.47. The van der Waals surface area contributed by atoms with Crippen LogP contribution in [0.15, 0.2) is 12.1 Å². The van der Waals surface area contributed by atoms with E-state index in [1.54, 1.807) is 0 Å². The van der Waals surface area contributed by atoms with Gasteiger partial charge < -0.3 is 10.6 Å². The molecule has 19 heavy (non-hydrogen) atoms. The summed E-state index contributed by atoms with van der Waals surface area (Å²) in [7, 11) is 1.50. The standard InChI is InChI=1S/C13H15F3N2O/c1-18-12(19)4-2-3-11(17)13(18)7-5-9(15)10(16)6-8(7)14/h5-6,11,13H,2-4,17H2,1H3. The maximum Gasteiger partial charge on any atom is 0.222 e. The zero-order valence-corrected chi connectivity index (χ0v) is 10.5. The van der Waals surface area contributed by atoms with Crippen LogP contribution in [0.2, 0.25) is 0 Å². The van der Waals surface area contributed by atoms with Crippen LogP contribution in [0.5, 0.6) is 0 Å². The highest BCUT2D eigenvalue weighted by atomic mass is 19.2. The summed E-state index contributed by atoms with van der Waals surface area (Å²) in [5.41, 5.74) is 5.86. The van der Waals surface area contributed by atoms with Crippen molar-refractivity contribution in [3.05, 3.63) is 35.1 Å². The van der Waals surface area contributed by atoms with Crippen LogP contribution in [0.25, 0.3) is 0 Å². The molecule has 2 unspecified atom stereocenters. The molecule has 2 N–H and O–H groups in total. The highest BCUT2D eigenvalue weighted by Gasteiger charge is 2.32. The zero-order valence-electron chi connectivity index (χ0n) is 10.5. The van der Waals surface area contributed by atoms with Gasteiger partial charge in [0.15, 0.2) is 11.6 Å². The van der Waals surface area contributed by atoms with E-state index in [-0.39, 0.29) is 11.5 Å². The Morgan fingerprint density at radius 2 is 1.84 bits per heavy atom. The number of hydrogen-bond donors (Lipinski definition) is 1.